The Balaban J connectivity index is 2.67. The number of rotatable bonds is 5. The lowest BCUT2D eigenvalue weighted by atomic mass is 10.1. The van der Waals surface area contributed by atoms with Gasteiger partial charge < -0.3 is 9.47 Å². The normalized spacial score (nSPS) is 11.5. The fourth-order valence-electron chi connectivity index (χ4n) is 1.38. The summed E-state index contributed by atoms with van der Waals surface area (Å²) >= 11 is 0. The van der Waals surface area contributed by atoms with Gasteiger partial charge in [-0.3, -0.25) is 0 Å². The van der Waals surface area contributed by atoms with Crippen LogP contribution in [-0.2, 0) is 9.47 Å². The maximum Gasteiger partial charge on any atom is 0.139 e. The van der Waals surface area contributed by atoms with Gasteiger partial charge in [0.1, 0.15) is 15.4 Å². The molecule has 0 N–H and O–H groups in total. The third-order valence-electron chi connectivity index (χ3n) is 2.37. The largest absolute Gasteiger partial charge is 0.360 e. The zero-order valence-electron chi connectivity index (χ0n) is 9.62. The molecule has 0 unspecified atom stereocenters. The number of benzene rings is 1. The fraction of sp³-hybridized carbons (Fsp3) is 0.333. The van der Waals surface area contributed by atoms with Crippen LogP contribution in [0.5, 0.6) is 0 Å². The molecule has 0 aliphatic heterocycles. The molecular weight excluding hydrogens is 204 g/mol. The van der Waals surface area contributed by atoms with E-state index in [1.165, 1.54) is 10.8 Å². The van der Waals surface area contributed by atoms with Gasteiger partial charge in [0.2, 0.25) is 0 Å². The molecule has 0 heterocycles. The van der Waals surface area contributed by atoms with Crippen molar-refractivity contribution in [2.45, 2.75) is 12.8 Å². The van der Waals surface area contributed by atoms with Gasteiger partial charge in [-0.1, -0.05) is 41.6 Å². The van der Waals surface area contributed by atoms with Crippen LogP contribution in [0.25, 0.3) is 5.57 Å². The molecule has 1 aromatic rings. The number of hydrogen-bond donors (Lipinski definition) is 0. The molecule has 0 aliphatic rings. The summed E-state index contributed by atoms with van der Waals surface area (Å²) in [6.45, 7) is 5.92. The summed E-state index contributed by atoms with van der Waals surface area (Å²) in [6, 6.07) is 8.49. The van der Waals surface area contributed by atoms with Crippen LogP contribution in [0.1, 0.15) is 12.5 Å². The van der Waals surface area contributed by atoms with Gasteiger partial charge >= 0.3 is 0 Å². The molecule has 0 saturated heterocycles. The number of ether oxygens (including phenoxy) is 2. The molecule has 0 aromatic heterocycles. The molecule has 0 bridgehead atoms. The van der Waals surface area contributed by atoms with Gasteiger partial charge in [-0.05, 0) is 12.5 Å². The van der Waals surface area contributed by atoms with E-state index in [-0.39, 0.29) is 5.91 Å². The van der Waals surface area contributed by atoms with Crippen LogP contribution in [-0.4, -0.2) is 29.7 Å². The predicted octanol–water partition coefficient (Wildman–Crippen LogP) is 1.09. The molecule has 0 atom stereocenters. The van der Waals surface area contributed by atoms with E-state index in [0.29, 0.717) is 0 Å². The Kier molecular flexibility index (Phi) is 4.75. The van der Waals surface area contributed by atoms with E-state index < -0.39 is 9.52 Å². The Morgan fingerprint density at radius 2 is 1.73 bits per heavy atom. The highest BCUT2D eigenvalue weighted by Crippen LogP contribution is 2.08. The minimum Gasteiger partial charge on any atom is -0.360 e. The molecule has 82 valence electrons. The van der Waals surface area contributed by atoms with E-state index in [4.69, 9.17) is 9.47 Å². The van der Waals surface area contributed by atoms with E-state index in [1.54, 1.807) is 14.2 Å². The average molecular weight is 222 g/mol. The van der Waals surface area contributed by atoms with E-state index in [1.807, 2.05) is 6.92 Å². The van der Waals surface area contributed by atoms with Crippen molar-refractivity contribution in [3.8, 4) is 0 Å². The average Bonchev–Trinajstić information content (AvgIpc) is 2.26. The number of methoxy groups -OCH3 is 2. The van der Waals surface area contributed by atoms with E-state index >= 15 is 0 Å². The molecule has 15 heavy (non-hydrogen) atoms. The maximum atomic E-state index is 5.20. The quantitative estimate of drug-likeness (QED) is 0.548. The number of hydrogen-bond acceptors (Lipinski definition) is 2. The third kappa shape index (κ3) is 3.62. The van der Waals surface area contributed by atoms with Crippen LogP contribution in [0.4, 0.5) is 0 Å². The zero-order chi connectivity index (χ0) is 11.3. The summed E-state index contributed by atoms with van der Waals surface area (Å²) < 4.78 is 10.4. The Morgan fingerprint density at radius 3 is 2.13 bits per heavy atom. The summed E-state index contributed by atoms with van der Waals surface area (Å²) in [7, 11) is 2.86. The van der Waals surface area contributed by atoms with Crippen molar-refractivity contribution < 1.29 is 9.47 Å². The molecule has 1 rings (SSSR count). The monoisotopic (exact) mass is 222 g/mol. The molecule has 0 radical (unpaired) electrons. The molecular formula is C12H18O2Si. The molecule has 1 aromatic carbocycles. The summed E-state index contributed by atoms with van der Waals surface area (Å²) in [5.74, 6) is -0.0271. The summed E-state index contributed by atoms with van der Waals surface area (Å²) in [4.78, 5) is 0. The second-order valence-corrected chi connectivity index (χ2v) is 5.47. The highest BCUT2D eigenvalue weighted by Gasteiger charge is 2.07. The van der Waals surface area contributed by atoms with E-state index in [0.717, 1.165) is 5.57 Å². The second kappa shape index (κ2) is 5.85. The van der Waals surface area contributed by atoms with Crippen LogP contribution in [0.2, 0.25) is 0 Å². The first-order valence-electron chi connectivity index (χ1n) is 4.97. The first-order valence-corrected chi connectivity index (χ1v) is 6.50. The Labute approximate surface area is 93.7 Å². The summed E-state index contributed by atoms with van der Waals surface area (Å²) in [6.07, 6.45) is 0. The Morgan fingerprint density at radius 1 is 1.20 bits per heavy atom. The van der Waals surface area contributed by atoms with Crippen LogP contribution < -0.4 is 5.19 Å². The fourth-order valence-corrected chi connectivity index (χ4v) is 2.61. The van der Waals surface area contributed by atoms with Crippen molar-refractivity contribution in [1.82, 2.24) is 0 Å². The Bertz CT molecular complexity index is 315. The molecule has 0 amide bonds. The van der Waals surface area contributed by atoms with Crippen LogP contribution >= 0.6 is 0 Å². The topological polar surface area (TPSA) is 18.5 Å². The molecule has 0 saturated carbocycles. The Hall–Kier alpha value is -0.903. The summed E-state index contributed by atoms with van der Waals surface area (Å²) in [5, 5.41) is 1.34. The van der Waals surface area contributed by atoms with Crippen LogP contribution in [0.3, 0.4) is 0 Å². The third-order valence-corrected chi connectivity index (χ3v) is 4.32. The van der Waals surface area contributed by atoms with Crippen LogP contribution in [0.15, 0.2) is 30.8 Å². The van der Waals surface area contributed by atoms with Crippen molar-refractivity contribution in [3.05, 3.63) is 36.4 Å². The van der Waals surface area contributed by atoms with Gasteiger partial charge in [0.05, 0.1) is 0 Å². The van der Waals surface area contributed by atoms with Gasteiger partial charge in [0, 0.05) is 14.2 Å². The van der Waals surface area contributed by atoms with Gasteiger partial charge in [-0.2, -0.15) is 0 Å². The standard InChI is InChI=1S/C12H18O2Si/c1-9(2)10-5-7-11(8-6-10)15-12(13-3)14-4/h5-8,12H,1,15H2,2-4H3. The highest BCUT2D eigenvalue weighted by molar-refractivity contribution is 6.54. The van der Waals surface area contributed by atoms with E-state index in [9.17, 15) is 0 Å². The second-order valence-electron chi connectivity index (χ2n) is 3.58. The molecule has 0 aliphatic carbocycles. The smallest absolute Gasteiger partial charge is 0.139 e. The first-order chi connectivity index (χ1) is 7.17. The molecule has 0 fully saturated rings. The van der Waals surface area contributed by atoms with Gasteiger partial charge in [-0.25, -0.2) is 0 Å². The first kappa shape index (κ1) is 12.2. The lowest BCUT2D eigenvalue weighted by molar-refractivity contribution is -0.0429. The van der Waals surface area contributed by atoms with Crippen molar-refractivity contribution in [2.75, 3.05) is 14.2 Å². The van der Waals surface area contributed by atoms with E-state index in [2.05, 4.69) is 30.8 Å². The maximum absolute atomic E-state index is 5.20. The van der Waals surface area contributed by atoms with Gasteiger partial charge in [-0.15, -0.1) is 0 Å². The minimum atomic E-state index is -0.512. The minimum absolute atomic E-state index is 0.0271. The molecule has 2 nitrogen and oxygen atoms in total. The predicted molar refractivity (Wildman–Crippen MR) is 67.1 cm³/mol. The van der Waals surface area contributed by atoms with Crippen molar-refractivity contribution in [3.63, 3.8) is 0 Å². The van der Waals surface area contributed by atoms with Crippen molar-refractivity contribution in [2.24, 2.45) is 0 Å². The molecule has 0 spiro atoms. The van der Waals surface area contributed by atoms with Crippen molar-refractivity contribution >= 4 is 20.3 Å². The lowest BCUT2D eigenvalue weighted by Crippen LogP contribution is -2.31. The van der Waals surface area contributed by atoms with Crippen LogP contribution in [0, 0.1) is 0 Å². The SMILES string of the molecule is C=C(C)c1ccc([SiH2]C(OC)OC)cc1. The zero-order valence-corrected chi connectivity index (χ0v) is 11.0. The number of allylic oxidation sites excluding steroid dienone is 1. The van der Waals surface area contributed by atoms with Gasteiger partial charge in [0.25, 0.3) is 0 Å². The van der Waals surface area contributed by atoms with Gasteiger partial charge in [0.15, 0.2) is 0 Å². The lowest BCUT2D eigenvalue weighted by Gasteiger charge is -2.12. The molecule has 3 heteroatoms. The summed E-state index contributed by atoms with van der Waals surface area (Å²) in [5.41, 5.74) is 2.29. The highest BCUT2D eigenvalue weighted by atomic mass is 28.2. The van der Waals surface area contributed by atoms with Crippen molar-refractivity contribution in [1.29, 1.82) is 0 Å².